The first kappa shape index (κ1) is 16.6. The van der Waals surface area contributed by atoms with Crippen LogP contribution in [0.3, 0.4) is 0 Å². The highest BCUT2D eigenvalue weighted by atomic mass is 79.9. The van der Waals surface area contributed by atoms with Crippen LogP contribution in [0.15, 0.2) is 39.3 Å². The Balaban J connectivity index is 2.24. The summed E-state index contributed by atoms with van der Waals surface area (Å²) in [6, 6.07) is 5.36. The number of aromatic nitrogens is 1. The fourth-order valence-electron chi connectivity index (χ4n) is 1.84. The number of thiophene rings is 1. The van der Waals surface area contributed by atoms with Crippen molar-refractivity contribution in [3.8, 4) is 0 Å². The number of hydrogen-bond donors (Lipinski definition) is 1. The number of hydrogen-bond acceptors (Lipinski definition) is 5. The van der Waals surface area contributed by atoms with Gasteiger partial charge in [-0.3, -0.25) is 4.98 Å². The molecule has 2 aromatic heterocycles. The van der Waals surface area contributed by atoms with E-state index in [4.69, 9.17) is 0 Å². The molecule has 1 N–H and O–H groups in total. The lowest BCUT2D eigenvalue weighted by Gasteiger charge is -2.16. The second-order valence-electron chi connectivity index (χ2n) is 4.50. The molecule has 0 saturated heterocycles. The zero-order valence-corrected chi connectivity index (χ0v) is 14.9. The molecule has 0 aliphatic carbocycles. The largest absolute Gasteiger partial charge is 0.315 e. The van der Waals surface area contributed by atoms with Crippen molar-refractivity contribution < 1.29 is 8.42 Å². The molecule has 0 atom stereocenters. The summed E-state index contributed by atoms with van der Waals surface area (Å²) in [5.41, 5.74) is 0.852. The van der Waals surface area contributed by atoms with Gasteiger partial charge in [-0.2, -0.15) is 4.31 Å². The molecule has 0 aromatic carbocycles. The molecule has 5 nitrogen and oxygen atoms in total. The van der Waals surface area contributed by atoms with Gasteiger partial charge < -0.3 is 5.32 Å². The Morgan fingerprint density at radius 3 is 2.86 bits per heavy atom. The fourth-order valence-corrected chi connectivity index (χ4v) is 5.64. The van der Waals surface area contributed by atoms with E-state index in [1.807, 2.05) is 13.1 Å². The number of sulfonamides is 1. The second-order valence-corrected chi connectivity index (χ2v) is 8.97. The van der Waals surface area contributed by atoms with Crippen LogP contribution in [-0.4, -0.2) is 31.8 Å². The first-order chi connectivity index (χ1) is 9.95. The highest BCUT2D eigenvalue weighted by Crippen LogP contribution is 2.33. The molecule has 2 aromatic rings. The van der Waals surface area contributed by atoms with E-state index in [0.29, 0.717) is 21.8 Å². The third-order valence-corrected chi connectivity index (χ3v) is 6.93. The normalized spacial score (nSPS) is 12.0. The van der Waals surface area contributed by atoms with Gasteiger partial charge in [0.2, 0.25) is 10.0 Å². The number of nitrogens with zero attached hydrogens (tertiary/aromatic N) is 2. The van der Waals surface area contributed by atoms with Gasteiger partial charge in [-0.1, -0.05) is 6.07 Å². The van der Waals surface area contributed by atoms with Crippen LogP contribution in [-0.2, 0) is 23.1 Å². The summed E-state index contributed by atoms with van der Waals surface area (Å²) in [6.45, 7) is 0.935. The van der Waals surface area contributed by atoms with Crippen LogP contribution >= 0.6 is 27.3 Å². The van der Waals surface area contributed by atoms with Crippen molar-refractivity contribution in [1.29, 1.82) is 0 Å². The standard InChI is InChI=1S/C13H16BrN3O2S2/c1-15-8-11-6-12(13(14)20-11)21(18,19)17(2)9-10-4-3-5-16-7-10/h3-7,15H,8-9H2,1-2H3. The Hall–Kier alpha value is -0.800. The molecule has 21 heavy (non-hydrogen) atoms. The Morgan fingerprint density at radius 1 is 1.48 bits per heavy atom. The van der Waals surface area contributed by atoms with Crippen LogP contribution in [0.5, 0.6) is 0 Å². The highest BCUT2D eigenvalue weighted by molar-refractivity contribution is 9.11. The summed E-state index contributed by atoms with van der Waals surface area (Å²) in [4.78, 5) is 5.28. The monoisotopic (exact) mass is 389 g/mol. The maximum absolute atomic E-state index is 12.6. The van der Waals surface area contributed by atoms with Crippen LogP contribution in [0, 0.1) is 0 Å². The Labute approximate surface area is 137 Å². The summed E-state index contributed by atoms with van der Waals surface area (Å²) in [5.74, 6) is 0. The van der Waals surface area contributed by atoms with Gasteiger partial charge in [0.05, 0.1) is 3.79 Å². The number of rotatable bonds is 6. The molecule has 0 saturated carbocycles. The lowest BCUT2D eigenvalue weighted by atomic mass is 10.3. The van der Waals surface area contributed by atoms with Crippen molar-refractivity contribution in [3.63, 3.8) is 0 Å². The molecule has 0 fully saturated rings. The first-order valence-electron chi connectivity index (χ1n) is 6.23. The van der Waals surface area contributed by atoms with Crippen LogP contribution in [0.25, 0.3) is 0 Å². The van der Waals surface area contributed by atoms with Crippen LogP contribution in [0.1, 0.15) is 10.4 Å². The van der Waals surface area contributed by atoms with E-state index in [2.05, 4.69) is 26.2 Å². The van der Waals surface area contributed by atoms with E-state index in [0.717, 1.165) is 10.4 Å². The van der Waals surface area contributed by atoms with Crippen molar-refractivity contribution in [3.05, 3.63) is 44.8 Å². The summed E-state index contributed by atoms with van der Waals surface area (Å²) < 4.78 is 27.2. The Bertz CT molecular complexity index is 701. The molecule has 0 bridgehead atoms. The third-order valence-electron chi connectivity index (χ3n) is 2.87. The predicted octanol–water partition coefficient (Wildman–Crippen LogP) is 2.45. The lowest BCUT2D eigenvalue weighted by Crippen LogP contribution is -2.26. The van der Waals surface area contributed by atoms with Gasteiger partial charge in [-0.05, 0) is 40.7 Å². The topological polar surface area (TPSA) is 62.3 Å². The summed E-state index contributed by atoms with van der Waals surface area (Å²) >= 11 is 4.77. The van der Waals surface area contributed by atoms with Gasteiger partial charge in [-0.15, -0.1) is 11.3 Å². The quantitative estimate of drug-likeness (QED) is 0.823. The molecule has 8 heteroatoms. The molecular weight excluding hydrogens is 374 g/mol. The van der Waals surface area contributed by atoms with Gasteiger partial charge >= 0.3 is 0 Å². The van der Waals surface area contributed by atoms with Gasteiger partial charge in [0.1, 0.15) is 4.90 Å². The Kier molecular flexibility index (Phi) is 5.50. The number of halogens is 1. The fraction of sp³-hybridized carbons (Fsp3) is 0.308. The van der Waals surface area contributed by atoms with Gasteiger partial charge in [0, 0.05) is 37.4 Å². The van der Waals surface area contributed by atoms with Crippen molar-refractivity contribution in [2.24, 2.45) is 0 Å². The van der Waals surface area contributed by atoms with Crippen LogP contribution in [0.2, 0.25) is 0 Å². The molecule has 2 heterocycles. The summed E-state index contributed by atoms with van der Waals surface area (Å²) in [7, 11) is -0.121. The van der Waals surface area contributed by atoms with Gasteiger partial charge in [0.25, 0.3) is 0 Å². The van der Waals surface area contributed by atoms with Gasteiger partial charge in [-0.25, -0.2) is 8.42 Å². The van der Waals surface area contributed by atoms with E-state index in [1.54, 1.807) is 31.6 Å². The minimum absolute atomic E-state index is 0.291. The Morgan fingerprint density at radius 2 is 2.24 bits per heavy atom. The molecule has 0 amide bonds. The SMILES string of the molecule is CNCc1cc(S(=O)(=O)N(C)Cc2cccnc2)c(Br)s1. The third kappa shape index (κ3) is 3.89. The van der Waals surface area contributed by atoms with Crippen LogP contribution in [0.4, 0.5) is 0 Å². The minimum Gasteiger partial charge on any atom is -0.315 e. The van der Waals surface area contributed by atoms with Gasteiger partial charge in [0.15, 0.2) is 0 Å². The maximum atomic E-state index is 12.6. The lowest BCUT2D eigenvalue weighted by molar-refractivity contribution is 0.466. The van der Waals surface area contributed by atoms with Crippen LogP contribution < -0.4 is 5.32 Å². The predicted molar refractivity (Wildman–Crippen MR) is 87.7 cm³/mol. The summed E-state index contributed by atoms with van der Waals surface area (Å²) in [6.07, 6.45) is 3.33. The van der Waals surface area contributed by atoms with Crippen molar-refractivity contribution in [2.45, 2.75) is 18.0 Å². The maximum Gasteiger partial charge on any atom is 0.245 e. The highest BCUT2D eigenvalue weighted by Gasteiger charge is 2.25. The van der Waals surface area contributed by atoms with Crippen molar-refractivity contribution >= 4 is 37.3 Å². The smallest absolute Gasteiger partial charge is 0.245 e. The average Bonchev–Trinajstić information content (AvgIpc) is 2.82. The van der Waals surface area contributed by atoms with E-state index >= 15 is 0 Å². The first-order valence-corrected chi connectivity index (χ1v) is 9.28. The van der Waals surface area contributed by atoms with E-state index in [9.17, 15) is 8.42 Å². The van der Waals surface area contributed by atoms with E-state index in [1.165, 1.54) is 15.6 Å². The number of nitrogens with one attached hydrogen (secondary N) is 1. The molecule has 0 radical (unpaired) electrons. The molecular formula is C13H16BrN3O2S2. The zero-order chi connectivity index (χ0) is 15.5. The van der Waals surface area contributed by atoms with E-state index in [-0.39, 0.29) is 0 Å². The average molecular weight is 390 g/mol. The molecule has 114 valence electrons. The zero-order valence-electron chi connectivity index (χ0n) is 11.7. The molecule has 0 unspecified atom stereocenters. The molecule has 0 spiro atoms. The second kappa shape index (κ2) is 6.97. The number of pyridine rings is 1. The summed E-state index contributed by atoms with van der Waals surface area (Å²) in [5, 5.41) is 3.02. The van der Waals surface area contributed by atoms with E-state index < -0.39 is 10.0 Å². The van der Waals surface area contributed by atoms with Crippen molar-refractivity contribution in [2.75, 3.05) is 14.1 Å². The minimum atomic E-state index is -3.52. The molecule has 2 rings (SSSR count). The molecule has 0 aliphatic heterocycles. The molecule has 0 aliphatic rings. The van der Waals surface area contributed by atoms with Crippen molar-refractivity contribution in [1.82, 2.24) is 14.6 Å².